The highest BCUT2D eigenvalue weighted by molar-refractivity contribution is 5.67. The first-order valence-corrected chi connectivity index (χ1v) is 7.70. The number of carbonyl (C=O) groups excluding carboxylic acids is 1. The first kappa shape index (κ1) is 20.7. The van der Waals surface area contributed by atoms with Gasteiger partial charge in [0.1, 0.15) is 17.5 Å². The summed E-state index contributed by atoms with van der Waals surface area (Å²) in [6.07, 6.45) is -3.49. The summed E-state index contributed by atoms with van der Waals surface area (Å²) in [5.74, 6) is 0.318. The lowest BCUT2D eigenvalue weighted by Crippen LogP contribution is -2.34. The van der Waals surface area contributed by atoms with E-state index in [1.54, 1.807) is 20.8 Å². The minimum Gasteiger partial charge on any atom is -0.497 e. The second-order valence-corrected chi connectivity index (χ2v) is 6.41. The Kier molecular flexibility index (Phi) is 7.13. The number of nitrogens with zero attached hydrogens (tertiary/aromatic N) is 1. The van der Waals surface area contributed by atoms with Crippen LogP contribution in [0.3, 0.4) is 0 Å². The topological polar surface area (TPSA) is 131 Å². The van der Waals surface area contributed by atoms with Gasteiger partial charge in [0, 0.05) is 12.6 Å². The number of methoxy groups -OCH3 is 1. The number of carbonyl (C=O) groups is 1. The SMILES string of the molecule is COc1ccc([N+](=O)[O-])c(C(O)C(O)CCNC(=O)OC(C)(C)C)c1. The number of nitro groups is 1. The van der Waals surface area contributed by atoms with Gasteiger partial charge in [0.15, 0.2) is 0 Å². The summed E-state index contributed by atoms with van der Waals surface area (Å²) in [4.78, 5) is 22.0. The second-order valence-electron chi connectivity index (χ2n) is 6.41. The van der Waals surface area contributed by atoms with Crippen molar-refractivity contribution in [3.8, 4) is 5.75 Å². The van der Waals surface area contributed by atoms with Crippen LogP contribution in [0.25, 0.3) is 0 Å². The van der Waals surface area contributed by atoms with Crippen molar-refractivity contribution in [2.45, 2.75) is 45.0 Å². The first-order chi connectivity index (χ1) is 11.5. The number of hydrogen-bond donors (Lipinski definition) is 3. The molecule has 0 aliphatic carbocycles. The van der Waals surface area contributed by atoms with Gasteiger partial charge in [-0.1, -0.05) is 0 Å². The Labute approximate surface area is 145 Å². The van der Waals surface area contributed by atoms with Crippen LogP contribution in [-0.4, -0.2) is 46.6 Å². The molecule has 0 heterocycles. The predicted octanol–water partition coefficient (Wildman–Crippen LogP) is 1.91. The molecule has 1 amide bonds. The molecule has 140 valence electrons. The third kappa shape index (κ3) is 6.55. The quantitative estimate of drug-likeness (QED) is 0.502. The normalized spacial score (nSPS) is 13.7. The molecule has 25 heavy (non-hydrogen) atoms. The van der Waals surface area contributed by atoms with Gasteiger partial charge in [0.2, 0.25) is 0 Å². The van der Waals surface area contributed by atoms with Crippen LogP contribution in [0.4, 0.5) is 10.5 Å². The molecule has 0 bridgehead atoms. The molecule has 0 aromatic heterocycles. The van der Waals surface area contributed by atoms with E-state index in [0.29, 0.717) is 5.75 Å². The summed E-state index contributed by atoms with van der Waals surface area (Å²) >= 11 is 0. The summed E-state index contributed by atoms with van der Waals surface area (Å²) in [5.41, 5.74) is -1.04. The van der Waals surface area contributed by atoms with Crippen molar-refractivity contribution < 1.29 is 29.4 Å². The number of alkyl carbamates (subject to hydrolysis) is 1. The molecule has 2 unspecified atom stereocenters. The number of hydrogen-bond acceptors (Lipinski definition) is 7. The summed E-state index contributed by atoms with van der Waals surface area (Å²) < 4.78 is 10.0. The summed E-state index contributed by atoms with van der Waals surface area (Å²) in [6.45, 7) is 5.18. The third-order valence-electron chi connectivity index (χ3n) is 3.22. The van der Waals surface area contributed by atoms with Gasteiger partial charge >= 0.3 is 6.09 Å². The number of ether oxygens (including phenoxy) is 2. The Morgan fingerprint density at radius 2 is 2.00 bits per heavy atom. The van der Waals surface area contributed by atoms with Crippen LogP contribution in [0.1, 0.15) is 38.9 Å². The predicted molar refractivity (Wildman–Crippen MR) is 89.5 cm³/mol. The van der Waals surface area contributed by atoms with E-state index in [0.717, 1.165) is 0 Å². The molecule has 9 nitrogen and oxygen atoms in total. The first-order valence-electron chi connectivity index (χ1n) is 7.70. The van der Waals surface area contributed by atoms with E-state index in [1.807, 2.05) is 0 Å². The van der Waals surface area contributed by atoms with Crippen molar-refractivity contribution in [3.63, 3.8) is 0 Å². The molecule has 3 N–H and O–H groups in total. The number of benzene rings is 1. The van der Waals surface area contributed by atoms with E-state index in [9.17, 15) is 25.1 Å². The Hall–Kier alpha value is -2.39. The van der Waals surface area contributed by atoms with Crippen LogP contribution in [-0.2, 0) is 4.74 Å². The highest BCUT2D eigenvalue weighted by Crippen LogP contribution is 2.31. The molecule has 0 aliphatic heterocycles. The summed E-state index contributed by atoms with van der Waals surface area (Å²) in [7, 11) is 1.39. The molecule has 0 radical (unpaired) electrons. The van der Waals surface area contributed by atoms with Crippen LogP contribution in [0.5, 0.6) is 5.75 Å². The van der Waals surface area contributed by atoms with E-state index in [4.69, 9.17) is 9.47 Å². The van der Waals surface area contributed by atoms with Crippen molar-refractivity contribution in [1.82, 2.24) is 5.32 Å². The van der Waals surface area contributed by atoms with E-state index in [1.165, 1.54) is 25.3 Å². The Morgan fingerprint density at radius 3 is 2.52 bits per heavy atom. The number of nitrogens with one attached hydrogen (secondary N) is 1. The minimum absolute atomic E-state index is 0.0191. The van der Waals surface area contributed by atoms with Crippen LogP contribution < -0.4 is 10.1 Å². The maximum Gasteiger partial charge on any atom is 0.407 e. The molecular formula is C16H24N2O7. The van der Waals surface area contributed by atoms with Gasteiger partial charge in [-0.2, -0.15) is 0 Å². The Morgan fingerprint density at radius 1 is 1.36 bits per heavy atom. The monoisotopic (exact) mass is 356 g/mol. The van der Waals surface area contributed by atoms with Gasteiger partial charge < -0.3 is 25.0 Å². The number of amides is 1. The van der Waals surface area contributed by atoms with E-state index in [2.05, 4.69) is 5.32 Å². The van der Waals surface area contributed by atoms with Crippen molar-refractivity contribution in [1.29, 1.82) is 0 Å². The second kappa shape index (κ2) is 8.63. The molecule has 0 saturated heterocycles. The maximum atomic E-state index is 11.5. The number of aliphatic hydroxyl groups is 2. The molecule has 1 rings (SSSR count). The van der Waals surface area contributed by atoms with Gasteiger partial charge in [0.05, 0.1) is 23.7 Å². The standard InChI is InChI=1S/C16H24N2O7/c1-16(2,3)25-15(21)17-8-7-13(19)14(20)11-9-10(24-4)5-6-12(11)18(22)23/h5-6,9,13-14,19-20H,7-8H2,1-4H3,(H,17,21). The van der Waals surface area contributed by atoms with E-state index >= 15 is 0 Å². The fourth-order valence-corrected chi connectivity index (χ4v) is 2.06. The molecule has 1 aromatic carbocycles. The minimum atomic E-state index is -1.50. The summed E-state index contributed by atoms with van der Waals surface area (Å²) in [5, 5.41) is 33.8. The lowest BCUT2D eigenvalue weighted by atomic mass is 10.00. The van der Waals surface area contributed by atoms with E-state index in [-0.39, 0.29) is 24.2 Å². The molecule has 0 spiro atoms. The Bertz CT molecular complexity index is 613. The van der Waals surface area contributed by atoms with Gasteiger partial charge in [-0.05, 0) is 39.3 Å². The fourth-order valence-electron chi connectivity index (χ4n) is 2.06. The highest BCUT2D eigenvalue weighted by Gasteiger charge is 2.27. The lowest BCUT2D eigenvalue weighted by molar-refractivity contribution is -0.386. The van der Waals surface area contributed by atoms with Gasteiger partial charge in [-0.15, -0.1) is 0 Å². The molecule has 0 fully saturated rings. The average Bonchev–Trinajstić information content (AvgIpc) is 2.51. The fraction of sp³-hybridized carbons (Fsp3) is 0.562. The molecule has 0 saturated carbocycles. The molecule has 9 heteroatoms. The molecule has 0 aliphatic rings. The largest absolute Gasteiger partial charge is 0.497 e. The molecule has 1 aromatic rings. The smallest absolute Gasteiger partial charge is 0.407 e. The molecule has 2 atom stereocenters. The summed E-state index contributed by atoms with van der Waals surface area (Å²) in [6, 6.07) is 3.89. The number of aliphatic hydroxyl groups excluding tert-OH is 2. The van der Waals surface area contributed by atoms with Crippen molar-refractivity contribution >= 4 is 11.8 Å². The van der Waals surface area contributed by atoms with Crippen LogP contribution in [0.2, 0.25) is 0 Å². The average molecular weight is 356 g/mol. The van der Waals surface area contributed by atoms with Crippen LogP contribution >= 0.6 is 0 Å². The number of rotatable bonds is 7. The number of nitro benzene ring substituents is 1. The van der Waals surface area contributed by atoms with Crippen LogP contribution in [0, 0.1) is 10.1 Å². The zero-order chi connectivity index (χ0) is 19.2. The zero-order valence-corrected chi connectivity index (χ0v) is 14.7. The van der Waals surface area contributed by atoms with Gasteiger partial charge in [0.25, 0.3) is 5.69 Å². The Balaban J connectivity index is 2.71. The van der Waals surface area contributed by atoms with Crippen molar-refractivity contribution in [3.05, 3.63) is 33.9 Å². The van der Waals surface area contributed by atoms with Crippen molar-refractivity contribution in [2.24, 2.45) is 0 Å². The van der Waals surface area contributed by atoms with Gasteiger partial charge in [-0.25, -0.2) is 4.79 Å². The third-order valence-corrected chi connectivity index (χ3v) is 3.22. The van der Waals surface area contributed by atoms with Crippen molar-refractivity contribution in [2.75, 3.05) is 13.7 Å². The highest BCUT2D eigenvalue weighted by atomic mass is 16.6. The van der Waals surface area contributed by atoms with Crippen LogP contribution in [0.15, 0.2) is 18.2 Å². The molecular weight excluding hydrogens is 332 g/mol. The lowest BCUT2D eigenvalue weighted by Gasteiger charge is -2.21. The van der Waals surface area contributed by atoms with E-state index < -0.39 is 28.8 Å². The zero-order valence-electron chi connectivity index (χ0n) is 14.7. The van der Waals surface area contributed by atoms with Gasteiger partial charge in [-0.3, -0.25) is 10.1 Å². The maximum absolute atomic E-state index is 11.5.